The molecule has 0 saturated carbocycles. The van der Waals surface area contributed by atoms with Gasteiger partial charge in [0, 0.05) is 18.8 Å². The van der Waals surface area contributed by atoms with Gasteiger partial charge in [0.25, 0.3) is 0 Å². The van der Waals surface area contributed by atoms with Crippen LogP contribution in [0.15, 0.2) is 11.8 Å². The predicted octanol–water partition coefficient (Wildman–Crippen LogP) is 0.849. The monoisotopic (exact) mass is 128 g/mol. The van der Waals surface area contributed by atoms with Crippen molar-refractivity contribution in [1.82, 2.24) is 5.32 Å². The summed E-state index contributed by atoms with van der Waals surface area (Å²) in [6.07, 6.45) is 3.24. The maximum Gasteiger partial charge on any atom is 0.0266 e. The van der Waals surface area contributed by atoms with E-state index >= 15 is 0 Å². The summed E-state index contributed by atoms with van der Waals surface area (Å²) >= 11 is 0. The predicted molar refractivity (Wildman–Crippen MR) is 41.1 cm³/mol. The number of hydrogen-bond acceptors (Lipinski definition) is 2. The van der Waals surface area contributed by atoms with Crippen molar-refractivity contribution in [3.8, 4) is 0 Å². The van der Waals surface area contributed by atoms with E-state index < -0.39 is 0 Å². The Morgan fingerprint density at radius 1 is 1.67 bits per heavy atom. The molecule has 2 nitrogen and oxygen atoms in total. The van der Waals surface area contributed by atoms with Crippen LogP contribution in [-0.4, -0.2) is 13.1 Å². The van der Waals surface area contributed by atoms with Crippen molar-refractivity contribution in [1.29, 1.82) is 0 Å². The van der Waals surface area contributed by atoms with Gasteiger partial charge in [-0.25, -0.2) is 0 Å². The molecule has 3 N–H and O–H groups in total. The quantitative estimate of drug-likeness (QED) is 0.589. The van der Waals surface area contributed by atoms with Gasteiger partial charge in [0.2, 0.25) is 0 Å². The number of nitrogens with two attached hydrogens (primary N) is 1. The summed E-state index contributed by atoms with van der Waals surface area (Å²) < 4.78 is 0. The summed E-state index contributed by atoms with van der Waals surface area (Å²) in [4.78, 5) is 0. The Hall–Kier alpha value is -0.500. The van der Waals surface area contributed by atoms with Gasteiger partial charge in [-0.05, 0) is 13.3 Å². The lowest BCUT2D eigenvalue weighted by atomic mass is 10.3. The number of rotatable bonds is 4. The fourth-order valence-electron chi connectivity index (χ4n) is 0.648. The van der Waals surface area contributed by atoms with Crippen LogP contribution < -0.4 is 11.1 Å². The molecule has 0 saturated heterocycles. The molecule has 0 amide bonds. The van der Waals surface area contributed by atoms with E-state index in [4.69, 9.17) is 5.73 Å². The van der Waals surface area contributed by atoms with Gasteiger partial charge in [0.15, 0.2) is 0 Å². The minimum atomic E-state index is 0.703. The lowest BCUT2D eigenvalue weighted by Crippen LogP contribution is -2.20. The maximum atomic E-state index is 5.28. The summed E-state index contributed by atoms with van der Waals surface area (Å²) in [6, 6.07) is 0. The zero-order valence-electron chi connectivity index (χ0n) is 6.28. The number of nitrogens with one attached hydrogen (secondary N) is 1. The van der Waals surface area contributed by atoms with E-state index in [0.29, 0.717) is 6.54 Å². The maximum absolute atomic E-state index is 5.28. The van der Waals surface area contributed by atoms with Gasteiger partial charge in [-0.2, -0.15) is 0 Å². The zero-order valence-corrected chi connectivity index (χ0v) is 6.28. The molecule has 0 aliphatic carbocycles. The molecule has 0 bridgehead atoms. The van der Waals surface area contributed by atoms with E-state index in [2.05, 4.69) is 25.2 Å². The summed E-state index contributed by atoms with van der Waals surface area (Å²) in [5.41, 5.74) is 6.51. The third-order valence-electron chi connectivity index (χ3n) is 1.06. The van der Waals surface area contributed by atoms with Gasteiger partial charge >= 0.3 is 0 Å². The first-order valence-corrected chi connectivity index (χ1v) is 3.42. The molecule has 0 spiro atoms. The van der Waals surface area contributed by atoms with Crippen LogP contribution in [-0.2, 0) is 0 Å². The molecule has 0 unspecified atom stereocenters. The first-order chi connectivity index (χ1) is 4.31. The molecule has 0 aromatic rings. The number of hydrogen-bond donors (Lipinski definition) is 2. The van der Waals surface area contributed by atoms with Crippen molar-refractivity contribution in [3.63, 3.8) is 0 Å². The van der Waals surface area contributed by atoms with E-state index in [0.717, 1.165) is 13.0 Å². The topological polar surface area (TPSA) is 38.0 Å². The smallest absolute Gasteiger partial charge is 0.0266 e. The highest BCUT2D eigenvalue weighted by molar-refractivity contribution is 4.94. The van der Waals surface area contributed by atoms with E-state index in [9.17, 15) is 0 Å². The van der Waals surface area contributed by atoms with Crippen LogP contribution in [0.3, 0.4) is 0 Å². The molecule has 0 aromatic carbocycles. The Bertz CT molecular complexity index is 86.9. The molecule has 0 heterocycles. The van der Waals surface area contributed by atoms with Crippen molar-refractivity contribution in [3.05, 3.63) is 11.8 Å². The van der Waals surface area contributed by atoms with Gasteiger partial charge < -0.3 is 11.1 Å². The van der Waals surface area contributed by atoms with Crippen molar-refractivity contribution in [2.45, 2.75) is 20.3 Å². The van der Waals surface area contributed by atoms with Gasteiger partial charge in [0.05, 0.1) is 0 Å². The van der Waals surface area contributed by atoms with E-state index in [1.54, 1.807) is 0 Å². The summed E-state index contributed by atoms with van der Waals surface area (Å²) in [6.45, 7) is 5.75. The van der Waals surface area contributed by atoms with Crippen LogP contribution in [0.4, 0.5) is 0 Å². The zero-order chi connectivity index (χ0) is 7.11. The largest absolute Gasteiger partial charge is 0.388 e. The Kier molecular flexibility index (Phi) is 5.32. The summed E-state index contributed by atoms with van der Waals surface area (Å²) in [5, 5.41) is 3.17. The highest BCUT2D eigenvalue weighted by Gasteiger charge is 1.82. The third kappa shape index (κ3) is 5.37. The standard InChI is InChI=1S/C7H16N2/c1-3-4-7(2)9-6-5-8/h4,9H,3,5-6,8H2,1-2H3/b7-4+. The van der Waals surface area contributed by atoms with E-state index in [1.807, 2.05) is 0 Å². The van der Waals surface area contributed by atoms with Gasteiger partial charge in [-0.3, -0.25) is 0 Å². The van der Waals surface area contributed by atoms with Crippen molar-refractivity contribution in [2.75, 3.05) is 13.1 Å². The molecule has 0 aliphatic heterocycles. The van der Waals surface area contributed by atoms with Crippen molar-refractivity contribution < 1.29 is 0 Å². The van der Waals surface area contributed by atoms with Crippen molar-refractivity contribution in [2.24, 2.45) is 5.73 Å². The molecule has 54 valence electrons. The lowest BCUT2D eigenvalue weighted by Gasteiger charge is -2.02. The average molecular weight is 128 g/mol. The van der Waals surface area contributed by atoms with Gasteiger partial charge in [-0.1, -0.05) is 13.0 Å². The van der Waals surface area contributed by atoms with Crippen LogP contribution in [0.25, 0.3) is 0 Å². The summed E-state index contributed by atoms with van der Waals surface area (Å²) in [7, 11) is 0. The second kappa shape index (κ2) is 5.63. The van der Waals surface area contributed by atoms with Gasteiger partial charge in [0.1, 0.15) is 0 Å². The third-order valence-corrected chi connectivity index (χ3v) is 1.06. The van der Waals surface area contributed by atoms with Crippen LogP contribution in [0, 0.1) is 0 Å². The Morgan fingerprint density at radius 2 is 2.33 bits per heavy atom. The Balaban J connectivity index is 3.25. The summed E-state index contributed by atoms with van der Waals surface area (Å²) in [5.74, 6) is 0. The van der Waals surface area contributed by atoms with Crippen LogP contribution in [0.2, 0.25) is 0 Å². The minimum Gasteiger partial charge on any atom is -0.388 e. The first-order valence-electron chi connectivity index (χ1n) is 3.42. The molecule has 0 rings (SSSR count). The highest BCUT2D eigenvalue weighted by atomic mass is 14.9. The fraction of sp³-hybridized carbons (Fsp3) is 0.714. The SMILES string of the molecule is CC/C=C(\C)NCCN. The first kappa shape index (κ1) is 8.50. The van der Waals surface area contributed by atoms with Crippen LogP contribution >= 0.6 is 0 Å². The van der Waals surface area contributed by atoms with E-state index in [1.165, 1.54) is 5.70 Å². The second-order valence-corrected chi connectivity index (χ2v) is 2.01. The average Bonchev–Trinajstić information content (AvgIpc) is 1.85. The van der Waals surface area contributed by atoms with Crippen molar-refractivity contribution >= 4 is 0 Å². The highest BCUT2D eigenvalue weighted by Crippen LogP contribution is 1.87. The Morgan fingerprint density at radius 3 is 2.78 bits per heavy atom. The van der Waals surface area contributed by atoms with Gasteiger partial charge in [-0.15, -0.1) is 0 Å². The molecule has 0 radical (unpaired) electrons. The normalized spacial score (nSPS) is 11.7. The number of allylic oxidation sites excluding steroid dienone is 2. The molecule has 0 aliphatic rings. The van der Waals surface area contributed by atoms with Crippen LogP contribution in [0.1, 0.15) is 20.3 Å². The Labute approximate surface area is 57.1 Å². The second-order valence-electron chi connectivity index (χ2n) is 2.01. The molecule has 9 heavy (non-hydrogen) atoms. The molecule has 0 atom stereocenters. The molecular weight excluding hydrogens is 112 g/mol. The fourth-order valence-corrected chi connectivity index (χ4v) is 0.648. The minimum absolute atomic E-state index is 0.703. The lowest BCUT2D eigenvalue weighted by molar-refractivity contribution is 0.792. The van der Waals surface area contributed by atoms with Crippen LogP contribution in [0.5, 0.6) is 0 Å². The van der Waals surface area contributed by atoms with E-state index in [-0.39, 0.29) is 0 Å². The molecular formula is C7H16N2. The molecule has 2 heteroatoms. The molecule has 0 fully saturated rings. The molecule has 0 aromatic heterocycles.